The number of aliphatic hydroxyl groups is 1. The van der Waals surface area contributed by atoms with E-state index in [2.05, 4.69) is 9.72 Å². The van der Waals surface area contributed by atoms with E-state index in [9.17, 15) is 4.79 Å². The first-order valence-corrected chi connectivity index (χ1v) is 5.42. The van der Waals surface area contributed by atoms with Gasteiger partial charge < -0.3 is 9.84 Å². The standard InChI is InChI=1S/C12H17NO3/c1-16-12(15)11-9-10(6-7-13-11)5-3-2-4-8-14/h6-7,9,14H,2-5,8H2,1H3. The Morgan fingerprint density at radius 3 is 2.94 bits per heavy atom. The van der Waals surface area contributed by atoms with Gasteiger partial charge in [-0.05, 0) is 37.0 Å². The van der Waals surface area contributed by atoms with E-state index in [1.807, 2.05) is 6.07 Å². The van der Waals surface area contributed by atoms with Gasteiger partial charge in [0.1, 0.15) is 5.69 Å². The van der Waals surface area contributed by atoms with Crippen molar-refractivity contribution in [1.82, 2.24) is 4.98 Å². The Kier molecular flexibility index (Phi) is 5.50. The predicted molar refractivity (Wildman–Crippen MR) is 60.2 cm³/mol. The summed E-state index contributed by atoms with van der Waals surface area (Å²) in [5.41, 5.74) is 1.43. The van der Waals surface area contributed by atoms with Crippen LogP contribution in [0.2, 0.25) is 0 Å². The zero-order valence-corrected chi connectivity index (χ0v) is 9.48. The van der Waals surface area contributed by atoms with Crippen molar-refractivity contribution in [2.24, 2.45) is 0 Å². The Labute approximate surface area is 95.3 Å². The maximum atomic E-state index is 11.2. The van der Waals surface area contributed by atoms with Crippen LogP contribution in [0, 0.1) is 0 Å². The predicted octanol–water partition coefficient (Wildman–Crippen LogP) is 1.57. The zero-order valence-electron chi connectivity index (χ0n) is 9.48. The molecule has 0 bridgehead atoms. The fourth-order valence-electron chi connectivity index (χ4n) is 1.46. The van der Waals surface area contributed by atoms with Crippen molar-refractivity contribution in [3.63, 3.8) is 0 Å². The van der Waals surface area contributed by atoms with Gasteiger partial charge in [-0.2, -0.15) is 0 Å². The number of carbonyl (C=O) groups is 1. The van der Waals surface area contributed by atoms with Gasteiger partial charge in [0.2, 0.25) is 0 Å². The summed E-state index contributed by atoms with van der Waals surface area (Å²) in [6.07, 6.45) is 5.34. The summed E-state index contributed by atoms with van der Waals surface area (Å²) in [6.45, 7) is 0.240. The van der Waals surface area contributed by atoms with Gasteiger partial charge in [0, 0.05) is 12.8 Å². The molecule has 0 atom stereocenters. The number of unbranched alkanes of at least 4 members (excludes halogenated alkanes) is 2. The second-order valence-electron chi connectivity index (χ2n) is 3.58. The summed E-state index contributed by atoms with van der Waals surface area (Å²) in [5, 5.41) is 8.64. The Morgan fingerprint density at radius 2 is 2.25 bits per heavy atom. The molecule has 0 spiro atoms. The van der Waals surface area contributed by atoms with Gasteiger partial charge in [0.25, 0.3) is 0 Å². The minimum Gasteiger partial charge on any atom is -0.464 e. The van der Waals surface area contributed by atoms with Gasteiger partial charge in [-0.3, -0.25) is 0 Å². The first-order valence-electron chi connectivity index (χ1n) is 5.42. The first-order chi connectivity index (χ1) is 7.77. The van der Waals surface area contributed by atoms with Gasteiger partial charge >= 0.3 is 5.97 Å². The van der Waals surface area contributed by atoms with Gasteiger partial charge in [0.05, 0.1) is 7.11 Å². The normalized spacial score (nSPS) is 10.1. The molecule has 0 aliphatic carbocycles. The van der Waals surface area contributed by atoms with Gasteiger partial charge in [-0.15, -0.1) is 0 Å². The summed E-state index contributed by atoms with van der Waals surface area (Å²) in [7, 11) is 1.35. The number of esters is 1. The Morgan fingerprint density at radius 1 is 1.44 bits per heavy atom. The number of hydrogen-bond acceptors (Lipinski definition) is 4. The summed E-state index contributed by atoms with van der Waals surface area (Å²) in [6, 6.07) is 3.65. The van der Waals surface area contributed by atoms with Gasteiger partial charge in [-0.25, -0.2) is 9.78 Å². The number of carbonyl (C=O) groups excluding carboxylic acids is 1. The topological polar surface area (TPSA) is 59.4 Å². The van der Waals surface area contributed by atoms with E-state index < -0.39 is 5.97 Å². The van der Waals surface area contributed by atoms with Crippen molar-refractivity contribution in [1.29, 1.82) is 0 Å². The molecule has 1 rings (SSSR count). The molecule has 0 aromatic carbocycles. The van der Waals surface area contributed by atoms with Crippen molar-refractivity contribution in [3.8, 4) is 0 Å². The Balaban J connectivity index is 2.50. The maximum absolute atomic E-state index is 11.2. The largest absolute Gasteiger partial charge is 0.464 e. The molecule has 1 aromatic rings. The molecule has 88 valence electrons. The smallest absolute Gasteiger partial charge is 0.356 e. The number of aryl methyl sites for hydroxylation is 1. The number of ether oxygens (including phenoxy) is 1. The molecule has 0 aliphatic heterocycles. The Hall–Kier alpha value is -1.42. The molecule has 1 heterocycles. The van der Waals surface area contributed by atoms with Crippen LogP contribution in [0.3, 0.4) is 0 Å². The molecule has 0 aliphatic rings. The molecule has 0 unspecified atom stereocenters. The van der Waals surface area contributed by atoms with Crippen molar-refractivity contribution >= 4 is 5.97 Å². The molecule has 16 heavy (non-hydrogen) atoms. The van der Waals surface area contributed by atoms with Crippen molar-refractivity contribution in [2.75, 3.05) is 13.7 Å². The molecule has 0 saturated heterocycles. The highest BCUT2D eigenvalue weighted by molar-refractivity contribution is 5.87. The van der Waals surface area contributed by atoms with Crippen LogP contribution in [-0.4, -0.2) is 29.8 Å². The molecule has 1 N–H and O–H groups in total. The van der Waals surface area contributed by atoms with Crippen LogP contribution >= 0.6 is 0 Å². The van der Waals surface area contributed by atoms with Crippen LogP contribution < -0.4 is 0 Å². The lowest BCUT2D eigenvalue weighted by atomic mass is 10.1. The molecular weight excluding hydrogens is 206 g/mol. The third-order valence-electron chi connectivity index (χ3n) is 2.34. The van der Waals surface area contributed by atoms with Crippen LogP contribution in [0.4, 0.5) is 0 Å². The molecule has 1 aromatic heterocycles. The average molecular weight is 223 g/mol. The highest BCUT2D eigenvalue weighted by Crippen LogP contribution is 2.08. The van der Waals surface area contributed by atoms with Crippen molar-refractivity contribution in [3.05, 3.63) is 29.6 Å². The van der Waals surface area contributed by atoms with E-state index in [1.54, 1.807) is 12.3 Å². The minimum atomic E-state index is -0.405. The number of aliphatic hydroxyl groups excluding tert-OH is 1. The van der Waals surface area contributed by atoms with E-state index in [4.69, 9.17) is 5.11 Å². The first kappa shape index (κ1) is 12.6. The zero-order chi connectivity index (χ0) is 11.8. The van der Waals surface area contributed by atoms with Crippen LogP contribution in [0.1, 0.15) is 35.3 Å². The highest BCUT2D eigenvalue weighted by Gasteiger charge is 2.06. The quantitative estimate of drug-likeness (QED) is 0.587. The molecule has 4 nitrogen and oxygen atoms in total. The SMILES string of the molecule is COC(=O)c1cc(CCCCCO)ccn1. The van der Waals surface area contributed by atoms with Crippen LogP contribution in [0.25, 0.3) is 0 Å². The molecule has 0 saturated carbocycles. The lowest BCUT2D eigenvalue weighted by molar-refractivity contribution is 0.0594. The fourth-order valence-corrected chi connectivity index (χ4v) is 1.46. The molecule has 0 amide bonds. The maximum Gasteiger partial charge on any atom is 0.356 e. The fraction of sp³-hybridized carbons (Fsp3) is 0.500. The molecular formula is C12H17NO3. The van der Waals surface area contributed by atoms with Crippen LogP contribution in [-0.2, 0) is 11.2 Å². The van der Waals surface area contributed by atoms with E-state index in [1.165, 1.54) is 7.11 Å². The Bertz CT molecular complexity index is 339. The van der Waals surface area contributed by atoms with E-state index in [-0.39, 0.29) is 6.61 Å². The van der Waals surface area contributed by atoms with E-state index >= 15 is 0 Å². The second kappa shape index (κ2) is 6.95. The summed E-state index contributed by atoms with van der Waals surface area (Å²) < 4.78 is 4.60. The lowest BCUT2D eigenvalue weighted by Crippen LogP contribution is -2.04. The second-order valence-corrected chi connectivity index (χ2v) is 3.58. The summed E-state index contributed by atoms with van der Waals surface area (Å²) >= 11 is 0. The number of methoxy groups -OCH3 is 1. The molecule has 4 heteroatoms. The number of nitrogens with zero attached hydrogens (tertiary/aromatic N) is 1. The molecule has 0 radical (unpaired) electrons. The summed E-state index contributed by atoms with van der Waals surface area (Å²) in [5.74, 6) is -0.405. The van der Waals surface area contributed by atoms with E-state index in [0.717, 1.165) is 31.2 Å². The summed E-state index contributed by atoms with van der Waals surface area (Å²) in [4.78, 5) is 15.2. The van der Waals surface area contributed by atoms with Gasteiger partial charge in [-0.1, -0.05) is 6.42 Å². The number of rotatable bonds is 6. The van der Waals surface area contributed by atoms with E-state index in [0.29, 0.717) is 5.69 Å². The van der Waals surface area contributed by atoms with Crippen molar-refractivity contribution in [2.45, 2.75) is 25.7 Å². The monoisotopic (exact) mass is 223 g/mol. The highest BCUT2D eigenvalue weighted by atomic mass is 16.5. The van der Waals surface area contributed by atoms with Gasteiger partial charge in [0.15, 0.2) is 0 Å². The van der Waals surface area contributed by atoms with Crippen LogP contribution in [0.5, 0.6) is 0 Å². The number of hydrogen-bond donors (Lipinski definition) is 1. The third kappa shape index (κ3) is 3.98. The number of pyridine rings is 1. The lowest BCUT2D eigenvalue weighted by Gasteiger charge is -2.03. The molecule has 0 fully saturated rings. The minimum absolute atomic E-state index is 0.240. The third-order valence-corrected chi connectivity index (χ3v) is 2.34. The van der Waals surface area contributed by atoms with Crippen molar-refractivity contribution < 1.29 is 14.6 Å². The van der Waals surface area contributed by atoms with Crippen LogP contribution in [0.15, 0.2) is 18.3 Å². The average Bonchev–Trinajstić information content (AvgIpc) is 2.34. The number of aromatic nitrogens is 1.